The molecule has 1 aromatic rings. The Morgan fingerprint density at radius 2 is 2.08 bits per heavy atom. The van der Waals surface area contributed by atoms with Crippen molar-refractivity contribution in [2.24, 2.45) is 0 Å². The molecule has 1 amide bonds. The van der Waals surface area contributed by atoms with E-state index < -0.39 is 0 Å². The van der Waals surface area contributed by atoms with Crippen LogP contribution in [0, 0.1) is 5.82 Å². The molecular weight excluding hydrogens is 157 g/mol. The molecule has 0 saturated carbocycles. The van der Waals surface area contributed by atoms with E-state index in [9.17, 15) is 9.18 Å². The average molecular weight is 169 g/mol. The van der Waals surface area contributed by atoms with E-state index in [1.807, 2.05) is 13.8 Å². The first-order valence-electron chi connectivity index (χ1n) is 3.78. The van der Waals surface area contributed by atoms with Crippen molar-refractivity contribution in [1.29, 1.82) is 0 Å². The molecule has 0 aliphatic carbocycles. The van der Waals surface area contributed by atoms with Crippen molar-refractivity contribution in [3.05, 3.63) is 30.1 Å². The van der Waals surface area contributed by atoms with Gasteiger partial charge in [-0.15, -0.1) is 0 Å². The number of rotatable bonds is 2. The maximum atomic E-state index is 12.3. The van der Waals surface area contributed by atoms with E-state index in [0.29, 0.717) is 12.1 Å². The van der Waals surface area contributed by atoms with Gasteiger partial charge in [-0.2, -0.15) is 0 Å². The number of nitrogens with one attached hydrogen (secondary N) is 1. The number of carbonyl (C=O) groups excluding carboxylic acids is 1. The van der Waals surface area contributed by atoms with Crippen LogP contribution in [0.25, 0.3) is 0 Å². The van der Waals surface area contributed by atoms with Gasteiger partial charge in [-0.3, -0.25) is 4.79 Å². The summed E-state index contributed by atoms with van der Waals surface area (Å²) in [5.74, 6) is -0.355. The summed E-state index contributed by atoms with van der Waals surface area (Å²) < 4.78 is 12.3. The molecule has 0 unspecified atom stereocenters. The topological polar surface area (TPSA) is 29.1 Å². The van der Waals surface area contributed by atoms with E-state index in [2.05, 4.69) is 5.32 Å². The first-order valence-corrected chi connectivity index (χ1v) is 3.78. The molecule has 0 atom stereocenters. The molecule has 12 heavy (non-hydrogen) atoms. The van der Waals surface area contributed by atoms with Crippen LogP contribution < -0.4 is 5.32 Å². The molecule has 0 spiro atoms. The van der Waals surface area contributed by atoms with Crippen LogP contribution in [0.5, 0.6) is 0 Å². The molecule has 0 bridgehead atoms. The van der Waals surface area contributed by atoms with Gasteiger partial charge >= 0.3 is 0 Å². The van der Waals surface area contributed by atoms with Crippen molar-refractivity contribution in [3.63, 3.8) is 0 Å². The van der Waals surface area contributed by atoms with Crippen molar-refractivity contribution >= 4 is 12.1 Å². The smallest absolute Gasteiger partial charge is 0.211 e. The molecule has 2 nitrogen and oxygen atoms in total. The first-order chi connectivity index (χ1) is 5.83. The molecule has 0 aliphatic heterocycles. The minimum absolute atomic E-state index is 0.355. The summed E-state index contributed by atoms with van der Waals surface area (Å²) in [7, 11) is 0. The van der Waals surface area contributed by atoms with E-state index in [0.717, 1.165) is 0 Å². The zero-order chi connectivity index (χ0) is 9.40. The molecule has 66 valence electrons. The molecule has 0 aromatic heterocycles. The zero-order valence-corrected chi connectivity index (χ0v) is 7.17. The summed E-state index contributed by atoms with van der Waals surface area (Å²) in [5, 5.41) is 2.33. The van der Waals surface area contributed by atoms with Gasteiger partial charge in [0.2, 0.25) is 6.41 Å². The molecule has 1 aromatic carbocycles. The Morgan fingerprint density at radius 3 is 2.58 bits per heavy atom. The average Bonchev–Trinajstić information content (AvgIpc) is 2.09. The Bertz CT molecular complexity index is 238. The van der Waals surface area contributed by atoms with Crippen LogP contribution >= 0.6 is 0 Å². The van der Waals surface area contributed by atoms with Gasteiger partial charge in [0.25, 0.3) is 0 Å². The lowest BCUT2D eigenvalue weighted by Gasteiger charge is -1.95. The summed E-state index contributed by atoms with van der Waals surface area (Å²) in [5.41, 5.74) is 0.468. The highest BCUT2D eigenvalue weighted by molar-refractivity contribution is 5.70. The van der Waals surface area contributed by atoms with Crippen molar-refractivity contribution in [2.75, 3.05) is 5.32 Å². The number of hydrogen-bond acceptors (Lipinski definition) is 1. The van der Waals surface area contributed by atoms with Crippen LogP contribution in [0.4, 0.5) is 10.1 Å². The highest BCUT2D eigenvalue weighted by atomic mass is 19.1. The third-order valence-electron chi connectivity index (χ3n) is 1.05. The van der Waals surface area contributed by atoms with Gasteiger partial charge in [-0.1, -0.05) is 19.9 Å². The molecule has 1 N–H and O–H groups in total. The van der Waals surface area contributed by atoms with Gasteiger partial charge in [-0.25, -0.2) is 4.39 Å². The van der Waals surface area contributed by atoms with Gasteiger partial charge in [0.15, 0.2) is 0 Å². The lowest BCUT2D eigenvalue weighted by molar-refractivity contribution is -0.105. The third-order valence-corrected chi connectivity index (χ3v) is 1.05. The van der Waals surface area contributed by atoms with Gasteiger partial charge in [0, 0.05) is 5.69 Å². The Kier molecular flexibility index (Phi) is 5.61. The molecule has 0 radical (unpaired) electrons. The molecule has 3 heteroatoms. The number of anilines is 1. The predicted molar refractivity (Wildman–Crippen MR) is 47.4 cm³/mol. The van der Waals surface area contributed by atoms with E-state index in [-0.39, 0.29) is 5.82 Å². The maximum absolute atomic E-state index is 12.3. The van der Waals surface area contributed by atoms with Crippen LogP contribution in [0.3, 0.4) is 0 Å². The Morgan fingerprint density at radius 1 is 1.42 bits per heavy atom. The summed E-state index contributed by atoms with van der Waals surface area (Å²) >= 11 is 0. The fraction of sp³-hybridized carbons (Fsp3) is 0.222. The Hall–Kier alpha value is -1.38. The fourth-order valence-electron chi connectivity index (χ4n) is 0.646. The van der Waals surface area contributed by atoms with E-state index in [4.69, 9.17) is 0 Å². The SMILES string of the molecule is CC.O=CNc1cccc(F)c1. The minimum Gasteiger partial charge on any atom is -0.329 e. The molecule has 0 fully saturated rings. The number of hydrogen-bond donors (Lipinski definition) is 1. The second-order valence-electron chi connectivity index (χ2n) is 1.77. The van der Waals surface area contributed by atoms with Crippen LogP contribution in [-0.2, 0) is 4.79 Å². The van der Waals surface area contributed by atoms with Crippen molar-refractivity contribution < 1.29 is 9.18 Å². The summed E-state index contributed by atoms with van der Waals surface area (Å²) in [6.07, 6.45) is 0.509. The Balaban J connectivity index is 0.000000561. The van der Waals surface area contributed by atoms with Crippen LogP contribution in [0.1, 0.15) is 13.8 Å². The van der Waals surface area contributed by atoms with Crippen molar-refractivity contribution in [3.8, 4) is 0 Å². The number of benzene rings is 1. The lowest BCUT2D eigenvalue weighted by Crippen LogP contribution is -1.92. The van der Waals surface area contributed by atoms with E-state index in [1.54, 1.807) is 6.07 Å². The largest absolute Gasteiger partial charge is 0.329 e. The molecular formula is C9H12FNO. The minimum atomic E-state index is -0.355. The standard InChI is InChI=1S/C7H6FNO.C2H6/c8-6-2-1-3-7(4-6)9-5-10;1-2/h1-5H,(H,9,10);1-2H3. The van der Waals surface area contributed by atoms with Gasteiger partial charge < -0.3 is 5.32 Å². The van der Waals surface area contributed by atoms with Gasteiger partial charge in [0.05, 0.1) is 0 Å². The normalized spacial score (nSPS) is 7.92. The van der Waals surface area contributed by atoms with Crippen LogP contribution in [0.2, 0.25) is 0 Å². The summed E-state index contributed by atoms with van der Waals surface area (Å²) in [6, 6.07) is 5.70. The predicted octanol–water partition coefficient (Wildman–Crippen LogP) is 2.42. The molecule has 0 aliphatic rings. The summed E-state index contributed by atoms with van der Waals surface area (Å²) in [6.45, 7) is 4.00. The quantitative estimate of drug-likeness (QED) is 0.677. The highest BCUT2D eigenvalue weighted by Gasteiger charge is 1.90. The Labute approximate surface area is 71.4 Å². The van der Waals surface area contributed by atoms with E-state index in [1.165, 1.54) is 18.2 Å². The molecule has 1 rings (SSSR count). The third kappa shape index (κ3) is 3.71. The number of halogens is 1. The lowest BCUT2D eigenvalue weighted by atomic mass is 10.3. The fourth-order valence-corrected chi connectivity index (χ4v) is 0.646. The molecule has 0 heterocycles. The number of amides is 1. The van der Waals surface area contributed by atoms with Gasteiger partial charge in [-0.05, 0) is 18.2 Å². The second-order valence-corrected chi connectivity index (χ2v) is 1.77. The van der Waals surface area contributed by atoms with Crippen molar-refractivity contribution in [1.82, 2.24) is 0 Å². The van der Waals surface area contributed by atoms with Gasteiger partial charge in [0.1, 0.15) is 5.82 Å². The zero-order valence-electron chi connectivity index (χ0n) is 7.17. The van der Waals surface area contributed by atoms with Crippen molar-refractivity contribution in [2.45, 2.75) is 13.8 Å². The second kappa shape index (κ2) is 6.34. The highest BCUT2D eigenvalue weighted by Crippen LogP contribution is 2.06. The summed E-state index contributed by atoms with van der Waals surface area (Å²) in [4.78, 5) is 9.85. The molecule has 0 saturated heterocycles. The number of carbonyl (C=O) groups is 1. The van der Waals surface area contributed by atoms with Crippen LogP contribution in [0.15, 0.2) is 24.3 Å². The first kappa shape index (κ1) is 10.6. The van der Waals surface area contributed by atoms with E-state index >= 15 is 0 Å². The maximum Gasteiger partial charge on any atom is 0.211 e. The monoisotopic (exact) mass is 169 g/mol. The van der Waals surface area contributed by atoms with Crippen LogP contribution in [-0.4, -0.2) is 6.41 Å².